The van der Waals surface area contributed by atoms with Crippen molar-refractivity contribution in [2.45, 2.75) is 64.5 Å². The summed E-state index contributed by atoms with van der Waals surface area (Å²) < 4.78 is 5.81. The molecular weight excluding hydrogens is 324 g/mol. The van der Waals surface area contributed by atoms with Crippen molar-refractivity contribution in [2.75, 3.05) is 26.2 Å². The second-order valence-corrected chi connectivity index (χ2v) is 8.21. The van der Waals surface area contributed by atoms with Crippen molar-refractivity contribution in [1.82, 2.24) is 9.80 Å². The number of likely N-dealkylation sites (tertiary alicyclic amines) is 1. The molecule has 2 saturated heterocycles. The van der Waals surface area contributed by atoms with Gasteiger partial charge in [0, 0.05) is 6.54 Å². The van der Waals surface area contributed by atoms with E-state index >= 15 is 0 Å². The molecule has 26 heavy (non-hydrogen) atoms. The lowest BCUT2D eigenvalue weighted by atomic mass is 9.94. The third kappa shape index (κ3) is 5.00. The first-order chi connectivity index (χ1) is 12.6. The molecule has 0 aliphatic carbocycles. The Bertz CT molecular complexity index is 553. The van der Waals surface area contributed by atoms with Crippen molar-refractivity contribution >= 4 is 6.09 Å². The van der Waals surface area contributed by atoms with Gasteiger partial charge in [0.15, 0.2) is 0 Å². The normalized spacial score (nSPS) is 24.7. The highest BCUT2D eigenvalue weighted by molar-refractivity contribution is 5.71. The lowest BCUT2D eigenvalue weighted by Gasteiger charge is -2.27. The Morgan fingerprint density at radius 1 is 1.04 bits per heavy atom. The van der Waals surface area contributed by atoms with E-state index in [1.165, 1.54) is 38.8 Å². The lowest BCUT2D eigenvalue weighted by molar-refractivity contribution is 0.128. The highest BCUT2D eigenvalue weighted by Crippen LogP contribution is 2.36. The van der Waals surface area contributed by atoms with E-state index in [1.807, 2.05) is 23.1 Å². The van der Waals surface area contributed by atoms with Crippen LogP contribution in [0.2, 0.25) is 0 Å². The van der Waals surface area contributed by atoms with Crippen molar-refractivity contribution in [3.63, 3.8) is 0 Å². The first-order valence-corrected chi connectivity index (χ1v) is 10.4. The van der Waals surface area contributed by atoms with Crippen molar-refractivity contribution in [1.29, 1.82) is 0 Å². The average Bonchev–Trinajstić information content (AvgIpc) is 2.80. The van der Waals surface area contributed by atoms with Crippen molar-refractivity contribution in [3.8, 4) is 0 Å². The predicted molar refractivity (Wildman–Crippen MR) is 105 cm³/mol. The molecule has 4 heteroatoms. The topological polar surface area (TPSA) is 32.8 Å². The molecule has 4 nitrogen and oxygen atoms in total. The maximum Gasteiger partial charge on any atom is 0.410 e. The van der Waals surface area contributed by atoms with Crippen LogP contribution in [-0.2, 0) is 4.74 Å². The summed E-state index contributed by atoms with van der Waals surface area (Å²) in [6.07, 6.45) is 7.11. The third-order valence-corrected chi connectivity index (χ3v) is 5.63. The first-order valence-electron chi connectivity index (χ1n) is 10.4. The van der Waals surface area contributed by atoms with Crippen molar-refractivity contribution in [2.24, 2.45) is 5.92 Å². The Labute approximate surface area is 158 Å². The van der Waals surface area contributed by atoms with Gasteiger partial charge in [0.1, 0.15) is 6.10 Å². The largest absolute Gasteiger partial charge is 0.439 e. The summed E-state index contributed by atoms with van der Waals surface area (Å²) in [5.41, 5.74) is 1.11. The number of amides is 1. The minimum absolute atomic E-state index is 0.135. The summed E-state index contributed by atoms with van der Waals surface area (Å²) >= 11 is 0. The van der Waals surface area contributed by atoms with E-state index in [0.29, 0.717) is 5.92 Å². The van der Waals surface area contributed by atoms with Crippen LogP contribution in [0.15, 0.2) is 30.3 Å². The maximum absolute atomic E-state index is 12.6. The Balaban J connectivity index is 1.61. The number of carbonyl (C=O) groups is 1. The SMILES string of the molecule is CC(C)C[C@@H]1[C@@H](c2ccccc2)OC(=O)N1CCCN1CCCCCC1. The van der Waals surface area contributed by atoms with E-state index in [9.17, 15) is 4.79 Å². The van der Waals surface area contributed by atoms with Crippen LogP contribution in [0, 0.1) is 5.92 Å². The van der Waals surface area contributed by atoms with Gasteiger partial charge in [-0.15, -0.1) is 0 Å². The summed E-state index contributed by atoms with van der Waals surface area (Å²) in [6.45, 7) is 8.77. The number of benzene rings is 1. The molecule has 144 valence electrons. The Kier molecular flexibility index (Phi) is 6.95. The molecule has 2 fully saturated rings. The molecule has 0 radical (unpaired) electrons. The smallest absolute Gasteiger partial charge is 0.410 e. The van der Waals surface area contributed by atoms with Gasteiger partial charge < -0.3 is 14.5 Å². The van der Waals surface area contributed by atoms with Crippen LogP contribution in [0.5, 0.6) is 0 Å². The highest BCUT2D eigenvalue weighted by atomic mass is 16.6. The number of ether oxygens (including phenoxy) is 1. The van der Waals surface area contributed by atoms with Crippen LogP contribution >= 0.6 is 0 Å². The van der Waals surface area contributed by atoms with E-state index in [1.54, 1.807) is 0 Å². The van der Waals surface area contributed by atoms with Gasteiger partial charge in [-0.25, -0.2) is 4.79 Å². The van der Waals surface area contributed by atoms with Gasteiger partial charge in [0.25, 0.3) is 0 Å². The van der Waals surface area contributed by atoms with Gasteiger partial charge in [-0.1, -0.05) is 57.0 Å². The van der Waals surface area contributed by atoms with Crippen LogP contribution in [0.25, 0.3) is 0 Å². The Morgan fingerprint density at radius 2 is 1.73 bits per heavy atom. The van der Waals surface area contributed by atoms with Gasteiger partial charge in [-0.3, -0.25) is 0 Å². The zero-order chi connectivity index (χ0) is 18.4. The average molecular weight is 359 g/mol. The van der Waals surface area contributed by atoms with E-state index in [-0.39, 0.29) is 18.2 Å². The van der Waals surface area contributed by atoms with E-state index in [4.69, 9.17) is 4.74 Å². The van der Waals surface area contributed by atoms with Gasteiger partial charge >= 0.3 is 6.09 Å². The number of cyclic esters (lactones) is 1. The quantitative estimate of drug-likeness (QED) is 0.698. The first kappa shape index (κ1) is 19.2. The summed E-state index contributed by atoms with van der Waals surface area (Å²) in [4.78, 5) is 17.1. The highest BCUT2D eigenvalue weighted by Gasteiger charge is 2.42. The van der Waals surface area contributed by atoms with Crippen LogP contribution in [0.1, 0.15) is 64.0 Å². The Hall–Kier alpha value is -1.55. The second-order valence-electron chi connectivity index (χ2n) is 8.21. The monoisotopic (exact) mass is 358 g/mol. The zero-order valence-electron chi connectivity index (χ0n) is 16.4. The molecule has 2 atom stereocenters. The molecule has 0 unspecified atom stereocenters. The fraction of sp³-hybridized carbons (Fsp3) is 0.682. The van der Waals surface area contributed by atoms with Crippen LogP contribution in [0.4, 0.5) is 4.79 Å². The molecule has 1 amide bonds. The molecule has 0 spiro atoms. The number of hydrogen-bond donors (Lipinski definition) is 0. The van der Waals surface area contributed by atoms with Gasteiger partial charge in [0.05, 0.1) is 6.04 Å². The molecule has 0 saturated carbocycles. The fourth-order valence-corrected chi connectivity index (χ4v) is 4.30. The molecular formula is C22H34N2O2. The minimum Gasteiger partial charge on any atom is -0.439 e. The molecule has 0 bridgehead atoms. The van der Waals surface area contributed by atoms with Crippen molar-refractivity contribution in [3.05, 3.63) is 35.9 Å². The molecule has 2 heterocycles. The van der Waals surface area contributed by atoms with Gasteiger partial charge in [0.2, 0.25) is 0 Å². The summed E-state index contributed by atoms with van der Waals surface area (Å²) in [5, 5.41) is 0. The zero-order valence-corrected chi connectivity index (χ0v) is 16.4. The summed E-state index contributed by atoms with van der Waals surface area (Å²) in [6, 6.07) is 10.4. The molecule has 2 aliphatic rings. The standard InChI is InChI=1S/C22H34N2O2/c1-18(2)17-20-21(19-11-6-5-7-12-19)26-22(25)24(20)16-10-15-23-13-8-3-4-9-14-23/h5-7,11-12,18,20-21H,3-4,8-10,13-17H2,1-2H3/t20-,21-/m1/s1. The van der Waals surface area contributed by atoms with E-state index < -0.39 is 0 Å². The molecule has 0 aromatic heterocycles. The lowest BCUT2D eigenvalue weighted by Crippen LogP contribution is -2.37. The second kappa shape index (κ2) is 9.40. The van der Waals surface area contributed by atoms with Gasteiger partial charge in [-0.05, 0) is 56.8 Å². The van der Waals surface area contributed by atoms with Gasteiger partial charge in [-0.2, -0.15) is 0 Å². The number of hydrogen-bond acceptors (Lipinski definition) is 3. The fourth-order valence-electron chi connectivity index (χ4n) is 4.30. The van der Waals surface area contributed by atoms with E-state index in [2.05, 4.69) is 30.9 Å². The summed E-state index contributed by atoms with van der Waals surface area (Å²) in [5.74, 6) is 0.536. The molecule has 2 aliphatic heterocycles. The van der Waals surface area contributed by atoms with E-state index in [0.717, 1.165) is 31.5 Å². The molecule has 0 N–H and O–H groups in total. The number of nitrogens with zero attached hydrogens (tertiary/aromatic N) is 2. The predicted octanol–water partition coefficient (Wildman–Crippen LogP) is 4.86. The summed E-state index contributed by atoms with van der Waals surface area (Å²) in [7, 11) is 0. The number of rotatable bonds is 7. The molecule has 1 aromatic rings. The number of carbonyl (C=O) groups excluding carboxylic acids is 1. The van der Waals surface area contributed by atoms with Crippen LogP contribution < -0.4 is 0 Å². The Morgan fingerprint density at radius 3 is 2.38 bits per heavy atom. The van der Waals surface area contributed by atoms with Crippen LogP contribution in [-0.4, -0.2) is 48.1 Å². The molecule has 3 rings (SSSR count). The van der Waals surface area contributed by atoms with Crippen LogP contribution in [0.3, 0.4) is 0 Å². The molecule has 1 aromatic carbocycles. The van der Waals surface area contributed by atoms with Crippen molar-refractivity contribution < 1.29 is 9.53 Å². The maximum atomic E-state index is 12.6. The minimum atomic E-state index is -0.139. The third-order valence-electron chi connectivity index (χ3n) is 5.63.